The molecule has 0 saturated carbocycles. The fourth-order valence-corrected chi connectivity index (χ4v) is 2.69. The Balaban J connectivity index is 2.53. The summed E-state index contributed by atoms with van der Waals surface area (Å²) in [6, 6.07) is 1.74. The predicted molar refractivity (Wildman–Crippen MR) is 55.8 cm³/mol. The van der Waals surface area contributed by atoms with E-state index in [2.05, 4.69) is 15.9 Å². The second-order valence-electron chi connectivity index (χ2n) is 2.67. The van der Waals surface area contributed by atoms with Crippen molar-refractivity contribution in [2.75, 3.05) is 0 Å². The average molecular weight is 264 g/mol. The van der Waals surface area contributed by atoms with E-state index >= 15 is 0 Å². The molecule has 5 heteroatoms. The number of nitrogens with two attached hydrogens (primary N) is 1. The molecule has 0 spiro atoms. The first-order valence-corrected chi connectivity index (χ1v) is 5.49. The maximum absolute atomic E-state index is 10.3. The Labute approximate surface area is 88.7 Å². The first-order chi connectivity index (χ1) is 6.11. The second-order valence-corrected chi connectivity index (χ2v) is 4.47. The Bertz CT molecular complexity index is 300. The van der Waals surface area contributed by atoms with Crippen LogP contribution in [0.25, 0.3) is 0 Å². The van der Waals surface area contributed by atoms with Crippen molar-refractivity contribution in [3.63, 3.8) is 0 Å². The molecule has 1 aromatic heterocycles. The monoisotopic (exact) mass is 263 g/mol. The molecule has 0 saturated heterocycles. The van der Waals surface area contributed by atoms with Gasteiger partial charge in [-0.2, -0.15) is 0 Å². The van der Waals surface area contributed by atoms with Gasteiger partial charge in [-0.25, -0.2) is 0 Å². The first kappa shape index (κ1) is 10.7. The van der Waals surface area contributed by atoms with E-state index in [1.54, 1.807) is 11.3 Å². The lowest BCUT2D eigenvalue weighted by Crippen LogP contribution is -2.11. The molecule has 0 amide bonds. The third-order valence-electron chi connectivity index (χ3n) is 1.65. The third kappa shape index (κ3) is 3.10. The van der Waals surface area contributed by atoms with Crippen LogP contribution in [0.1, 0.15) is 23.8 Å². The van der Waals surface area contributed by atoms with E-state index < -0.39 is 5.97 Å². The SMILES string of the molecule is NC(CCC(=O)O)c1sccc1Br. The van der Waals surface area contributed by atoms with Crippen molar-refractivity contribution in [2.45, 2.75) is 18.9 Å². The Hall–Kier alpha value is -0.390. The minimum absolute atomic E-state index is 0.117. The Morgan fingerprint density at radius 2 is 2.46 bits per heavy atom. The number of thiophene rings is 1. The van der Waals surface area contributed by atoms with Crippen molar-refractivity contribution in [3.8, 4) is 0 Å². The van der Waals surface area contributed by atoms with Crippen LogP contribution < -0.4 is 5.73 Å². The van der Waals surface area contributed by atoms with Gasteiger partial charge in [0.25, 0.3) is 0 Å². The summed E-state index contributed by atoms with van der Waals surface area (Å²) in [6.07, 6.45) is 0.597. The van der Waals surface area contributed by atoms with Crippen LogP contribution in [-0.2, 0) is 4.79 Å². The van der Waals surface area contributed by atoms with Crippen molar-refractivity contribution in [1.82, 2.24) is 0 Å². The normalized spacial score (nSPS) is 12.8. The van der Waals surface area contributed by atoms with Crippen LogP contribution in [0.5, 0.6) is 0 Å². The summed E-state index contributed by atoms with van der Waals surface area (Å²) in [7, 11) is 0. The van der Waals surface area contributed by atoms with Gasteiger partial charge in [-0.15, -0.1) is 11.3 Å². The van der Waals surface area contributed by atoms with Crippen LogP contribution in [0.4, 0.5) is 0 Å². The van der Waals surface area contributed by atoms with E-state index in [0.717, 1.165) is 9.35 Å². The number of hydrogen-bond donors (Lipinski definition) is 2. The van der Waals surface area contributed by atoms with Crippen molar-refractivity contribution in [2.24, 2.45) is 5.73 Å². The van der Waals surface area contributed by atoms with Crippen LogP contribution in [0.15, 0.2) is 15.9 Å². The first-order valence-electron chi connectivity index (χ1n) is 3.81. The van der Waals surface area contributed by atoms with Gasteiger partial charge in [-0.05, 0) is 33.8 Å². The number of carbonyl (C=O) groups is 1. The van der Waals surface area contributed by atoms with Gasteiger partial charge in [0.05, 0.1) is 0 Å². The lowest BCUT2D eigenvalue weighted by molar-refractivity contribution is -0.137. The topological polar surface area (TPSA) is 63.3 Å². The summed E-state index contributed by atoms with van der Waals surface area (Å²) in [4.78, 5) is 11.3. The zero-order valence-corrected chi connectivity index (χ0v) is 9.27. The van der Waals surface area contributed by atoms with Crippen LogP contribution in [0.2, 0.25) is 0 Å². The van der Waals surface area contributed by atoms with Crippen LogP contribution in [0, 0.1) is 0 Å². The van der Waals surface area contributed by atoms with Crippen molar-refractivity contribution in [1.29, 1.82) is 0 Å². The molecule has 0 radical (unpaired) electrons. The molecular weight excluding hydrogens is 254 g/mol. The Kier molecular flexibility index (Phi) is 3.90. The zero-order chi connectivity index (χ0) is 9.84. The molecule has 13 heavy (non-hydrogen) atoms. The van der Waals surface area contributed by atoms with Crippen molar-refractivity contribution in [3.05, 3.63) is 20.8 Å². The molecule has 0 bridgehead atoms. The Morgan fingerprint density at radius 3 is 2.92 bits per heavy atom. The van der Waals surface area contributed by atoms with Crippen LogP contribution >= 0.6 is 27.3 Å². The van der Waals surface area contributed by atoms with E-state index in [4.69, 9.17) is 10.8 Å². The molecule has 3 N–H and O–H groups in total. The van der Waals surface area contributed by atoms with Crippen molar-refractivity contribution < 1.29 is 9.90 Å². The lowest BCUT2D eigenvalue weighted by Gasteiger charge is -2.07. The summed E-state index contributed by atoms with van der Waals surface area (Å²) >= 11 is 4.90. The van der Waals surface area contributed by atoms with E-state index in [9.17, 15) is 4.79 Å². The van der Waals surface area contributed by atoms with E-state index in [0.29, 0.717) is 6.42 Å². The number of carboxylic acid groups (broad SMARTS) is 1. The van der Waals surface area contributed by atoms with Gasteiger partial charge in [0.1, 0.15) is 0 Å². The lowest BCUT2D eigenvalue weighted by atomic mass is 10.1. The minimum Gasteiger partial charge on any atom is -0.481 e. The molecule has 0 aliphatic carbocycles. The van der Waals surface area contributed by atoms with Gasteiger partial charge >= 0.3 is 5.97 Å². The fraction of sp³-hybridized carbons (Fsp3) is 0.375. The molecule has 3 nitrogen and oxygen atoms in total. The number of halogens is 1. The van der Waals surface area contributed by atoms with E-state index in [1.807, 2.05) is 11.4 Å². The van der Waals surface area contributed by atoms with Gasteiger partial charge in [0, 0.05) is 21.8 Å². The summed E-state index contributed by atoms with van der Waals surface area (Å²) < 4.78 is 0.968. The van der Waals surface area contributed by atoms with E-state index in [1.165, 1.54) is 0 Å². The number of carboxylic acids is 1. The quantitative estimate of drug-likeness (QED) is 0.877. The molecule has 1 atom stereocenters. The maximum atomic E-state index is 10.3. The molecular formula is C8H10BrNO2S. The van der Waals surface area contributed by atoms with Gasteiger partial charge < -0.3 is 10.8 Å². The predicted octanol–water partition coefficient (Wildman–Crippen LogP) is 2.38. The molecule has 1 rings (SSSR count). The molecule has 0 fully saturated rings. The van der Waals surface area contributed by atoms with Crippen molar-refractivity contribution >= 4 is 33.2 Å². The highest BCUT2D eigenvalue weighted by Crippen LogP contribution is 2.29. The maximum Gasteiger partial charge on any atom is 0.303 e. The third-order valence-corrected chi connectivity index (χ3v) is 3.65. The second kappa shape index (κ2) is 4.74. The average Bonchev–Trinajstić information content (AvgIpc) is 2.47. The number of aliphatic carboxylic acids is 1. The molecule has 0 aliphatic heterocycles. The summed E-state index contributed by atoms with van der Waals surface area (Å²) in [5.74, 6) is -0.803. The van der Waals surface area contributed by atoms with Gasteiger partial charge in [-0.3, -0.25) is 4.79 Å². The molecule has 0 aromatic carbocycles. The highest BCUT2D eigenvalue weighted by Gasteiger charge is 2.12. The Morgan fingerprint density at radius 1 is 1.77 bits per heavy atom. The largest absolute Gasteiger partial charge is 0.481 e. The van der Waals surface area contributed by atoms with Crippen LogP contribution in [0.3, 0.4) is 0 Å². The summed E-state index contributed by atoms with van der Waals surface area (Å²) in [5.41, 5.74) is 5.81. The van der Waals surface area contributed by atoms with Crippen LogP contribution in [-0.4, -0.2) is 11.1 Å². The van der Waals surface area contributed by atoms with Gasteiger partial charge in [-0.1, -0.05) is 0 Å². The fourth-order valence-electron chi connectivity index (χ4n) is 0.980. The minimum atomic E-state index is -0.803. The summed E-state index contributed by atoms with van der Waals surface area (Å²) in [6.45, 7) is 0. The smallest absolute Gasteiger partial charge is 0.303 e. The highest BCUT2D eigenvalue weighted by molar-refractivity contribution is 9.10. The highest BCUT2D eigenvalue weighted by atomic mass is 79.9. The van der Waals surface area contributed by atoms with Gasteiger partial charge in [0.2, 0.25) is 0 Å². The molecule has 1 unspecified atom stereocenters. The molecule has 0 aliphatic rings. The molecule has 1 heterocycles. The molecule has 1 aromatic rings. The van der Waals surface area contributed by atoms with E-state index in [-0.39, 0.29) is 12.5 Å². The number of rotatable bonds is 4. The standard InChI is InChI=1S/C8H10BrNO2S/c9-5-3-4-13-8(5)6(10)1-2-7(11)12/h3-4,6H,1-2,10H2,(H,11,12). The molecule has 72 valence electrons. The number of hydrogen-bond acceptors (Lipinski definition) is 3. The zero-order valence-electron chi connectivity index (χ0n) is 6.87. The summed E-state index contributed by atoms with van der Waals surface area (Å²) in [5, 5.41) is 10.4. The van der Waals surface area contributed by atoms with Gasteiger partial charge in [0.15, 0.2) is 0 Å².